The molecule has 2 fully saturated rings. The molecule has 1 saturated carbocycles. The highest BCUT2D eigenvalue weighted by Gasteiger charge is 2.30. The first-order valence-corrected chi connectivity index (χ1v) is 9.80. The Kier molecular flexibility index (Phi) is 5.27. The van der Waals surface area contributed by atoms with E-state index >= 15 is 0 Å². The molecule has 1 atom stereocenters. The summed E-state index contributed by atoms with van der Waals surface area (Å²) in [5.41, 5.74) is 1.41. The van der Waals surface area contributed by atoms with Crippen molar-refractivity contribution in [1.29, 1.82) is 0 Å². The number of nitrogens with zero attached hydrogens (tertiary/aromatic N) is 3. The SMILES string of the molecule is CCOC(=O)[C@@H]1CCCN(C(=O)Nc2cccc(-c3nc(C4CC4)no3)c2)C1. The van der Waals surface area contributed by atoms with Crippen molar-refractivity contribution in [3.05, 3.63) is 30.1 Å². The maximum absolute atomic E-state index is 12.7. The molecule has 2 amide bonds. The number of nitrogens with one attached hydrogen (secondary N) is 1. The molecule has 1 saturated heterocycles. The fraction of sp³-hybridized carbons (Fsp3) is 0.500. The maximum atomic E-state index is 12.7. The van der Waals surface area contributed by atoms with E-state index in [0.717, 1.165) is 37.1 Å². The number of hydrogen-bond donors (Lipinski definition) is 1. The molecule has 0 radical (unpaired) electrons. The number of benzene rings is 1. The van der Waals surface area contributed by atoms with E-state index < -0.39 is 0 Å². The molecular formula is C20H24N4O4. The van der Waals surface area contributed by atoms with Crippen molar-refractivity contribution >= 4 is 17.7 Å². The fourth-order valence-corrected chi connectivity index (χ4v) is 3.41. The topological polar surface area (TPSA) is 97.6 Å². The molecule has 148 valence electrons. The minimum Gasteiger partial charge on any atom is -0.466 e. The zero-order valence-electron chi connectivity index (χ0n) is 15.9. The van der Waals surface area contributed by atoms with E-state index in [1.807, 2.05) is 24.3 Å². The second-order valence-corrected chi connectivity index (χ2v) is 7.28. The van der Waals surface area contributed by atoms with Gasteiger partial charge in [-0.1, -0.05) is 11.2 Å². The summed E-state index contributed by atoms with van der Waals surface area (Å²) in [5, 5.41) is 6.93. The summed E-state index contributed by atoms with van der Waals surface area (Å²) in [7, 11) is 0. The Hall–Kier alpha value is -2.90. The predicted octanol–water partition coefficient (Wildman–Crippen LogP) is 3.42. The monoisotopic (exact) mass is 384 g/mol. The molecule has 28 heavy (non-hydrogen) atoms. The van der Waals surface area contributed by atoms with E-state index in [4.69, 9.17) is 9.26 Å². The van der Waals surface area contributed by atoms with Crippen LogP contribution in [-0.4, -0.2) is 46.7 Å². The fourth-order valence-electron chi connectivity index (χ4n) is 3.41. The molecule has 1 aliphatic heterocycles. The van der Waals surface area contributed by atoms with Crippen LogP contribution in [0.3, 0.4) is 0 Å². The van der Waals surface area contributed by atoms with Crippen LogP contribution >= 0.6 is 0 Å². The summed E-state index contributed by atoms with van der Waals surface area (Å²) in [6, 6.07) is 7.11. The van der Waals surface area contributed by atoms with Crippen molar-refractivity contribution in [2.45, 2.75) is 38.5 Å². The summed E-state index contributed by atoms with van der Waals surface area (Å²) in [5.74, 6) is 1.14. The van der Waals surface area contributed by atoms with Crippen LogP contribution in [0.2, 0.25) is 0 Å². The maximum Gasteiger partial charge on any atom is 0.321 e. The van der Waals surface area contributed by atoms with Crippen molar-refractivity contribution in [1.82, 2.24) is 15.0 Å². The summed E-state index contributed by atoms with van der Waals surface area (Å²) in [6.07, 6.45) is 3.75. The number of urea groups is 1. The van der Waals surface area contributed by atoms with Gasteiger partial charge in [-0.25, -0.2) is 4.79 Å². The zero-order valence-corrected chi connectivity index (χ0v) is 15.9. The van der Waals surface area contributed by atoms with Gasteiger partial charge < -0.3 is 19.5 Å². The van der Waals surface area contributed by atoms with Gasteiger partial charge in [-0.2, -0.15) is 4.98 Å². The van der Waals surface area contributed by atoms with Gasteiger partial charge in [-0.15, -0.1) is 0 Å². The summed E-state index contributed by atoms with van der Waals surface area (Å²) >= 11 is 0. The van der Waals surface area contributed by atoms with E-state index in [1.54, 1.807) is 11.8 Å². The Bertz CT molecular complexity index is 861. The molecule has 8 heteroatoms. The number of hydrogen-bond acceptors (Lipinski definition) is 6. The molecular weight excluding hydrogens is 360 g/mol. The van der Waals surface area contributed by atoms with Crippen molar-refractivity contribution in [3.8, 4) is 11.5 Å². The van der Waals surface area contributed by atoms with Gasteiger partial charge in [0.05, 0.1) is 12.5 Å². The number of esters is 1. The van der Waals surface area contributed by atoms with Gasteiger partial charge in [0.1, 0.15) is 0 Å². The van der Waals surface area contributed by atoms with Crippen molar-refractivity contribution in [2.24, 2.45) is 5.92 Å². The van der Waals surface area contributed by atoms with Crippen molar-refractivity contribution in [2.75, 3.05) is 25.0 Å². The Labute approximate surface area is 163 Å². The van der Waals surface area contributed by atoms with Crippen LogP contribution < -0.4 is 5.32 Å². The van der Waals surface area contributed by atoms with Crippen LogP contribution in [-0.2, 0) is 9.53 Å². The number of anilines is 1. The lowest BCUT2D eigenvalue weighted by Crippen LogP contribution is -2.44. The number of ether oxygens (including phenoxy) is 1. The first-order chi connectivity index (χ1) is 13.6. The van der Waals surface area contributed by atoms with Crippen LogP contribution in [0, 0.1) is 5.92 Å². The number of rotatable bonds is 5. The summed E-state index contributed by atoms with van der Waals surface area (Å²) in [6.45, 7) is 3.14. The van der Waals surface area contributed by atoms with E-state index in [2.05, 4.69) is 15.5 Å². The summed E-state index contributed by atoms with van der Waals surface area (Å²) in [4.78, 5) is 30.7. The number of amides is 2. The van der Waals surface area contributed by atoms with E-state index in [9.17, 15) is 9.59 Å². The van der Waals surface area contributed by atoms with Gasteiger partial charge in [0.2, 0.25) is 0 Å². The Morgan fingerprint density at radius 3 is 2.96 bits per heavy atom. The molecule has 1 aromatic carbocycles. The number of carbonyl (C=O) groups is 2. The van der Waals surface area contributed by atoms with Crippen LogP contribution in [0.25, 0.3) is 11.5 Å². The molecule has 4 rings (SSSR count). The highest BCUT2D eigenvalue weighted by atomic mass is 16.5. The van der Waals surface area contributed by atoms with Gasteiger partial charge in [0.25, 0.3) is 5.89 Å². The lowest BCUT2D eigenvalue weighted by molar-refractivity contribution is -0.149. The number of likely N-dealkylation sites (tertiary alicyclic amines) is 1. The molecule has 0 unspecified atom stereocenters. The quantitative estimate of drug-likeness (QED) is 0.793. The second-order valence-electron chi connectivity index (χ2n) is 7.28. The third-order valence-electron chi connectivity index (χ3n) is 5.07. The van der Waals surface area contributed by atoms with Gasteiger partial charge in [0, 0.05) is 30.3 Å². The van der Waals surface area contributed by atoms with Crippen LogP contribution in [0.4, 0.5) is 10.5 Å². The molecule has 1 aliphatic carbocycles. The number of piperidine rings is 1. The highest BCUT2D eigenvalue weighted by Crippen LogP contribution is 2.39. The van der Waals surface area contributed by atoms with E-state index in [-0.39, 0.29) is 17.9 Å². The third kappa shape index (κ3) is 4.16. The normalized spacial score (nSPS) is 19.3. The van der Waals surface area contributed by atoms with Crippen LogP contribution in [0.15, 0.2) is 28.8 Å². The van der Waals surface area contributed by atoms with Crippen molar-refractivity contribution < 1.29 is 18.8 Å². The first kappa shape index (κ1) is 18.5. The minimum atomic E-state index is -0.259. The molecule has 1 aromatic heterocycles. The van der Waals surface area contributed by atoms with Crippen LogP contribution in [0.1, 0.15) is 44.3 Å². The largest absolute Gasteiger partial charge is 0.466 e. The van der Waals surface area contributed by atoms with Crippen LogP contribution in [0.5, 0.6) is 0 Å². The lowest BCUT2D eigenvalue weighted by Gasteiger charge is -2.31. The average Bonchev–Trinajstić information content (AvgIpc) is 3.45. The summed E-state index contributed by atoms with van der Waals surface area (Å²) < 4.78 is 10.5. The van der Waals surface area contributed by atoms with Gasteiger partial charge in [-0.3, -0.25) is 4.79 Å². The highest BCUT2D eigenvalue weighted by molar-refractivity contribution is 5.90. The standard InChI is InChI=1S/C20H24N4O4/c1-2-27-19(25)15-6-4-10-24(12-15)20(26)21-16-7-3-5-14(11-16)18-22-17(23-28-18)13-8-9-13/h3,5,7,11,13,15H,2,4,6,8-10,12H2,1H3,(H,21,26)/t15-/m1/s1. The van der Waals surface area contributed by atoms with Crippen molar-refractivity contribution in [3.63, 3.8) is 0 Å². The van der Waals surface area contributed by atoms with Gasteiger partial charge >= 0.3 is 12.0 Å². The Balaban J connectivity index is 1.40. The molecule has 2 aromatic rings. The van der Waals surface area contributed by atoms with E-state index in [1.165, 1.54) is 0 Å². The molecule has 2 aliphatic rings. The van der Waals surface area contributed by atoms with Gasteiger partial charge in [-0.05, 0) is 50.8 Å². The predicted molar refractivity (Wildman–Crippen MR) is 102 cm³/mol. The Morgan fingerprint density at radius 2 is 2.18 bits per heavy atom. The molecule has 8 nitrogen and oxygen atoms in total. The van der Waals surface area contributed by atoms with E-state index in [0.29, 0.717) is 37.2 Å². The zero-order chi connectivity index (χ0) is 19.5. The third-order valence-corrected chi connectivity index (χ3v) is 5.07. The lowest BCUT2D eigenvalue weighted by atomic mass is 9.98. The van der Waals surface area contributed by atoms with Gasteiger partial charge in [0.15, 0.2) is 5.82 Å². The second kappa shape index (κ2) is 8.00. The first-order valence-electron chi connectivity index (χ1n) is 9.80. The molecule has 0 spiro atoms. The Morgan fingerprint density at radius 1 is 1.32 bits per heavy atom. The molecule has 2 heterocycles. The smallest absolute Gasteiger partial charge is 0.321 e. The number of carbonyl (C=O) groups excluding carboxylic acids is 2. The molecule has 1 N–H and O–H groups in total. The number of aromatic nitrogens is 2. The minimum absolute atomic E-state index is 0.227. The average molecular weight is 384 g/mol. The molecule has 0 bridgehead atoms.